The van der Waals surface area contributed by atoms with Crippen LogP contribution in [-0.2, 0) is 24.2 Å². The van der Waals surface area contributed by atoms with E-state index in [9.17, 15) is 18.0 Å². The molecule has 0 radical (unpaired) electrons. The average Bonchev–Trinajstić information content (AvgIpc) is 2.65. The van der Waals surface area contributed by atoms with Crippen molar-refractivity contribution in [3.05, 3.63) is 53.6 Å². The number of nitrogens with one attached hydrogen (secondary N) is 1. The second-order valence-corrected chi connectivity index (χ2v) is 8.99. The Hall–Kier alpha value is -2.87. The summed E-state index contributed by atoms with van der Waals surface area (Å²) in [4.78, 5) is 23.9. The number of carbonyl (C=O) groups is 2. The van der Waals surface area contributed by atoms with Crippen molar-refractivity contribution in [2.45, 2.75) is 31.6 Å². The average molecular weight is 419 g/mol. The summed E-state index contributed by atoms with van der Waals surface area (Å²) in [6.45, 7) is 5.18. The van der Waals surface area contributed by atoms with Crippen LogP contribution in [0.5, 0.6) is 5.75 Å². The Kier molecular flexibility index (Phi) is 7.39. The molecule has 0 aliphatic carbocycles. The Balaban J connectivity index is 1.85. The molecule has 7 nitrogen and oxygen atoms in total. The lowest BCUT2D eigenvalue weighted by Gasteiger charge is -2.12. The number of rotatable bonds is 8. The van der Waals surface area contributed by atoms with Gasteiger partial charge in [-0.3, -0.25) is 4.79 Å². The quantitative estimate of drug-likeness (QED) is 0.660. The monoisotopic (exact) mass is 419 g/mol. The lowest BCUT2D eigenvalue weighted by Crippen LogP contribution is -2.23. The fourth-order valence-electron chi connectivity index (χ4n) is 2.46. The number of hydrogen-bond acceptors (Lipinski definition) is 6. The van der Waals surface area contributed by atoms with Crippen molar-refractivity contribution < 1.29 is 27.5 Å². The van der Waals surface area contributed by atoms with Crippen LogP contribution in [0.2, 0.25) is 0 Å². The van der Waals surface area contributed by atoms with Crippen LogP contribution in [0.3, 0.4) is 0 Å². The van der Waals surface area contributed by atoms with Gasteiger partial charge < -0.3 is 14.8 Å². The summed E-state index contributed by atoms with van der Waals surface area (Å²) >= 11 is 0. The van der Waals surface area contributed by atoms with Gasteiger partial charge in [-0.15, -0.1) is 0 Å². The summed E-state index contributed by atoms with van der Waals surface area (Å²) < 4.78 is 33.6. The highest BCUT2D eigenvalue weighted by Gasteiger charge is 2.12. The Bertz CT molecular complexity index is 998. The molecular weight excluding hydrogens is 394 g/mol. The number of ether oxygens (including phenoxy) is 2. The molecule has 0 aromatic heterocycles. The predicted molar refractivity (Wildman–Crippen MR) is 110 cm³/mol. The van der Waals surface area contributed by atoms with Crippen molar-refractivity contribution >= 4 is 27.4 Å². The minimum atomic E-state index is -3.39. The summed E-state index contributed by atoms with van der Waals surface area (Å²) in [7, 11) is -3.39. The first kappa shape index (κ1) is 22.4. The molecular formula is C21H25NO6S. The van der Waals surface area contributed by atoms with Gasteiger partial charge in [0, 0.05) is 11.9 Å². The van der Waals surface area contributed by atoms with E-state index in [1.807, 2.05) is 25.1 Å². The van der Waals surface area contributed by atoms with Crippen LogP contribution < -0.4 is 10.1 Å². The van der Waals surface area contributed by atoms with Crippen LogP contribution >= 0.6 is 0 Å². The van der Waals surface area contributed by atoms with Crippen LogP contribution in [-0.4, -0.2) is 39.8 Å². The van der Waals surface area contributed by atoms with Gasteiger partial charge in [-0.05, 0) is 48.2 Å². The molecule has 2 rings (SSSR count). The minimum absolute atomic E-state index is 0.0830. The molecule has 0 aliphatic rings. The molecule has 0 heterocycles. The Morgan fingerprint density at radius 1 is 1.07 bits per heavy atom. The van der Waals surface area contributed by atoms with Gasteiger partial charge in [0.15, 0.2) is 23.1 Å². The van der Waals surface area contributed by atoms with E-state index in [-0.39, 0.29) is 11.5 Å². The summed E-state index contributed by atoms with van der Waals surface area (Å²) in [6, 6.07) is 11.6. The SMILES string of the molecule is Cc1ccc(C(C)C)cc1OCC(=O)OCC(=O)Nc1cccc(S(C)(=O)=O)c1. The maximum absolute atomic E-state index is 11.9. The summed E-state index contributed by atoms with van der Waals surface area (Å²) in [5.74, 6) is -0.341. The standard InChI is InChI=1S/C21H25NO6S/c1-14(2)16-9-8-15(3)19(10-16)27-13-21(24)28-12-20(23)22-17-6-5-7-18(11-17)29(4,25)26/h5-11,14H,12-13H2,1-4H3,(H,22,23). The van der Waals surface area contributed by atoms with Gasteiger partial charge in [0.2, 0.25) is 0 Å². The van der Waals surface area contributed by atoms with Gasteiger partial charge in [-0.25, -0.2) is 13.2 Å². The second-order valence-electron chi connectivity index (χ2n) is 6.98. The normalized spacial score (nSPS) is 11.2. The fourth-order valence-corrected chi connectivity index (χ4v) is 3.12. The zero-order valence-corrected chi connectivity index (χ0v) is 17.7. The minimum Gasteiger partial charge on any atom is -0.482 e. The molecule has 156 valence electrons. The zero-order valence-electron chi connectivity index (χ0n) is 16.9. The first-order chi connectivity index (χ1) is 13.6. The number of carbonyl (C=O) groups excluding carboxylic acids is 2. The third-order valence-electron chi connectivity index (χ3n) is 4.13. The fraction of sp³-hybridized carbons (Fsp3) is 0.333. The molecule has 0 saturated carbocycles. The van der Waals surface area contributed by atoms with Crippen molar-refractivity contribution in [2.24, 2.45) is 0 Å². The first-order valence-corrected chi connectivity index (χ1v) is 10.9. The van der Waals surface area contributed by atoms with E-state index in [1.165, 1.54) is 18.2 Å². The van der Waals surface area contributed by atoms with Gasteiger partial charge in [-0.2, -0.15) is 0 Å². The second kappa shape index (κ2) is 9.56. The molecule has 0 spiro atoms. The third kappa shape index (κ3) is 6.90. The molecule has 8 heteroatoms. The molecule has 0 fully saturated rings. The third-order valence-corrected chi connectivity index (χ3v) is 5.24. The van der Waals surface area contributed by atoms with Crippen LogP contribution in [0, 0.1) is 6.92 Å². The summed E-state index contributed by atoms with van der Waals surface area (Å²) in [6.07, 6.45) is 1.08. The lowest BCUT2D eigenvalue weighted by molar-refractivity contribution is -0.149. The van der Waals surface area contributed by atoms with Crippen LogP contribution in [0.4, 0.5) is 5.69 Å². The zero-order chi connectivity index (χ0) is 21.6. The number of esters is 1. The highest BCUT2D eigenvalue weighted by Crippen LogP contribution is 2.24. The Morgan fingerprint density at radius 2 is 1.79 bits per heavy atom. The molecule has 2 aromatic rings. The Labute approximate surface area is 170 Å². The van der Waals surface area contributed by atoms with E-state index in [0.29, 0.717) is 17.4 Å². The topological polar surface area (TPSA) is 98.8 Å². The van der Waals surface area contributed by atoms with Crippen molar-refractivity contribution in [1.82, 2.24) is 0 Å². The van der Waals surface area contributed by atoms with E-state index in [0.717, 1.165) is 17.4 Å². The highest BCUT2D eigenvalue weighted by molar-refractivity contribution is 7.90. The number of benzene rings is 2. The molecule has 0 bridgehead atoms. The van der Waals surface area contributed by atoms with Crippen molar-refractivity contribution in [2.75, 3.05) is 24.8 Å². The molecule has 0 aliphatic heterocycles. The van der Waals surface area contributed by atoms with Gasteiger partial charge in [0.05, 0.1) is 4.90 Å². The van der Waals surface area contributed by atoms with Crippen molar-refractivity contribution in [1.29, 1.82) is 0 Å². The van der Waals surface area contributed by atoms with E-state index < -0.39 is 28.3 Å². The molecule has 2 aromatic carbocycles. The molecule has 29 heavy (non-hydrogen) atoms. The molecule has 1 amide bonds. The highest BCUT2D eigenvalue weighted by atomic mass is 32.2. The molecule has 0 saturated heterocycles. The number of anilines is 1. The van der Waals surface area contributed by atoms with Crippen LogP contribution in [0.25, 0.3) is 0 Å². The number of hydrogen-bond donors (Lipinski definition) is 1. The van der Waals surface area contributed by atoms with Crippen LogP contribution in [0.15, 0.2) is 47.4 Å². The number of sulfone groups is 1. The van der Waals surface area contributed by atoms with E-state index in [4.69, 9.17) is 9.47 Å². The maximum atomic E-state index is 11.9. The van der Waals surface area contributed by atoms with Gasteiger partial charge in [-0.1, -0.05) is 32.0 Å². The summed E-state index contributed by atoms with van der Waals surface area (Å²) in [5.41, 5.74) is 2.28. The van der Waals surface area contributed by atoms with Gasteiger partial charge in [0.1, 0.15) is 5.75 Å². The van der Waals surface area contributed by atoms with E-state index in [2.05, 4.69) is 19.2 Å². The number of amides is 1. The van der Waals surface area contributed by atoms with E-state index >= 15 is 0 Å². The van der Waals surface area contributed by atoms with E-state index in [1.54, 1.807) is 6.07 Å². The van der Waals surface area contributed by atoms with Crippen molar-refractivity contribution in [3.63, 3.8) is 0 Å². The lowest BCUT2D eigenvalue weighted by atomic mass is 10.0. The van der Waals surface area contributed by atoms with Crippen molar-refractivity contribution in [3.8, 4) is 5.75 Å². The molecule has 1 N–H and O–H groups in total. The smallest absolute Gasteiger partial charge is 0.344 e. The predicted octanol–water partition coefficient (Wildman–Crippen LogP) is 3.08. The first-order valence-electron chi connectivity index (χ1n) is 9.05. The largest absolute Gasteiger partial charge is 0.482 e. The van der Waals surface area contributed by atoms with Gasteiger partial charge >= 0.3 is 5.97 Å². The Morgan fingerprint density at radius 3 is 2.45 bits per heavy atom. The number of aryl methyl sites for hydroxylation is 1. The molecule has 0 atom stereocenters. The maximum Gasteiger partial charge on any atom is 0.344 e. The summed E-state index contributed by atoms with van der Waals surface area (Å²) in [5, 5.41) is 2.49. The van der Waals surface area contributed by atoms with Crippen LogP contribution in [0.1, 0.15) is 30.9 Å². The molecule has 0 unspecified atom stereocenters. The van der Waals surface area contributed by atoms with Gasteiger partial charge in [0.25, 0.3) is 5.91 Å².